The number of carbonyl (C=O) groups is 3. The van der Waals surface area contributed by atoms with Crippen LogP contribution in [0.3, 0.4) is 0 Å². The monoisotopic (exact) mass is 215 g/mol. The molecule has 0 aromatic rings. The molecule has 0 aliphatic rings. The Morgan fingerprint density at radius 3 is 2.20 bits per heavy atom. The van der Waals surface area contributed by atoms with Crippen LogP contribution in [-0.2, 0) is 19.1 Å². The molecule has 5 heteroatoms. The van der Waals surface area contributed by atoms with Gasteiger partial charge in [-0.15, -0.1) is 0 Å². The summed E-state index contributed by atoms with van der Waals surface area (Å²) in [5.41, 5.74) is -1.09. The molecule has 0 aromatic carbocycles. The first kappa shape index (κ1) is 13.6. The topological polar surface area (TPSA) is 72.5 Å². The van der Waals surface area contributed by atoms with Crippen molar-refractivity contribution in [3.8, 4) is 0 Å². The maximum absolute atomic E-state index is 11.4. The minimum absolute atomic E-state index is 0.219. The quantitative estimate of drug-likeness (QED) is 0.533. The molecule has 0 atom stereocenters. The van der Waals surface area contributed by atoms with Gasteiger partial charge in [0, 0.05) is 0 Å². The number of amides is 1. The summed E-state index contributed by atoms with van der Waals surface area (Å²) in [7, 11) is 0. The normalized spacial score (nSPS) is 10.7. The zero-order valence-electron chi connectivity index (χ0n) is 9.55. The molecular weight excluding hydrogens is 198 g/mol. The van der Waals surface area contributed by atoms with Gasteiger partial charge in [0.25, 0.3) is 0 Å². The fourth-order valence-corrected chi connectivity index (χ4v) is 0.981. The lowest BCUT2D eigenvalue weighted by Crippen LogP contribution is -2.50. The Bertz CT molecular complexity index is 271. The molecule has 0 heterocycles. The first-order valence-corrected chi connectivity index (χ1v) is 4.77. The Balaban J connectivity index is 4.30. The molecule has 0 spiro atoms. The number of hydrogen-bond donors (Lipinski definition) is 1. The predicted molar refractivity (Wildman–Crippen MR) is 54.2 cm³/mol. The second kappa shape index (κ2) is 5.48. The third kappa shape index (κ3) is 5.15. The lowest BCUT2D eigenvalue weighted by molar-refractivity contribution is -0.152. The van der Waals surface area contributed by atoms with E-state index in [1.807, 2.05) is 0 Å². The van der Waals surface area contributed by atoms with Gasteiger partial charge in [0.1, 0.15) is 11.3 Å². The van der Waals surface area contributed by atoms with Gasteiger partial charge in [-0.25, -0.2) is 4.79 Å². The van der Waals surface area contributed by atoms with Crippen molar-refractivity contribution >= 4 is 17.7 Å². The number of hydrogen-bond acceptors (Lipinski definition) is 4. The van der Waals surface area contributed by atoms with E-state index in [1.165, 1.54) is 20.8 Å². The molecule has 15 heavy (non-hydrogen) atoms. The van der Waals surface area contributed by atoms with Crippen molar-refractivity contribution in [2.75, 3.05) is 6.61 Å². The van der Waals surface area contributed by atoms with Crippen molar-refractivity contribution < 1.29 is 19.1 Å². The maximum atomic E-state index is 11.4. The van der Waals surface area contributed by atoms with Crippen LogP contribution in [0.15, 0.2) is 0 Å². The molecule has 0 radical (unpaired) electrons. The van der Waals surface area contributed by atoms with Crippen LogP contribution in [0.25, 0.3) is 0 Å². The predicted octanol–water partition coefficient (Wildman–Crippen LogP) is 0.423. The summed E-state index contributed by atoms with van der Waals surface area (Å²) in [6.07, 6.45) is -0.219. The minimum atomic E-state index is -1.09. The molecule has 1 N–H and O–H groups in total. The van der Waals surface area contributed by atoms with Gasteiger partial charge in [-0.05, 0) is 27.7 Å². The average molecular weight is 215 g/mol. The first-order chi connectivity index (χ1) is 6.79. The van der Waals surface area contributed by atoms with Crippen LogP contribution < -0.4 is 5.32 Å². The second-order valence-corrected chi connectivity index (χ2v) is 3.77. The molecule has 5 nitrogen and oxygen atoms in total. The Hall–Kier alpha value is -1.39. The lowest BCUT2D eigenvalue weighted by Gasteiger charge is -2.23. The van der Waals surface area contributed by atoms with Crippen LogP contribution in [-0.4, -0.2) is 29.8 Å². The molecule has 0 aliphatic heterocycles. The molecule has 0 aliphatic carbocycles. The van der Waals surface area contributed by atoms with E-state index >= 15 is 0 Å². The standard InChI is InChI=1S/C10H17NO4/c1-5-15-9(14)10(3,4)11-8(13)6-7(2)12/h5-6H2,1-4H3,(H,11,13). The highest BCUT2D eigenvalue weighted by molar-refractivity contribution is 5.98. The summed E-state index contributed by atoms with van der Waals surface area (Å²) in [5, 5.41) is 2.44. The second-order valence-electron chi connectivity index (χ2n) is 3.77. The van der Waals surface area contributed by atoms with Gasteiger partial charge in [-0.3, -0.25) is 9.59 Å². The van der Waals surface area contributed by atoms with E-state index in [-0.39, 0.29) is 18.8 Å². The van der Waals surface area contributed by atoms with Crippen molar-refractivity contribution in [1.82, 2.24) is 5.32 Å². The number of ketones is 1. The minimum Gasteiger partial charge on any atom is -0.464 e. The van der Waals surface area contributed by atoms with Crippen LogP contribution in [0.4, 0.5) is 0 Å². The number of carbonyl (C=O) groups excluding carboxylic acids is 3. The number of esters is 1. The van der Waals surface area contributed by atoms with E-state index in [1.54, 1.807) is 6.92 Å². The van der Waals surface area contributed by atoms with Gasteiger partial charge in [0.05, 0.1) is 13.0 Å². The fraction of sp³-hybridized carbons (Fsp3) is 0.700. The zero-order valence-corrected chi connectivity index (χ0v) is 9.55. The first-order valence-electron chi connectivity index (χ1n) is 4.77. The lowest BCUT2D eigenvalue weighted by atomic mass is 10.1. The van der Waals surface area contributed by atoms with Crippen molar-refractivity contribution in [3.05, 3.63) is 0 Å². The van der Waals surface area contributed by atoms with E-state index < -0.39 is 17.4 Å². The van der Waals surface area contributed by atoms with E-state index in [2.05, 4.69) is 5.32 Å². The largest absolute Gasteiger partial charge is 0.464 e. The van der Waals surface area contributed by atoms with Crippen molar-refractivity contribution in [3.63, 3.8) is 0 Å². The maximum Gasteiger partial charge on any atom is 0.331 e. The Kier molecular flexibility index (Phi) is 4.97. The Labute approximate surface area is 89.2 Å². The van der Waals surface area contributed by atoms with Crippen LogP contribution >= 0.6 is 0 Å². The Morgan fingerprint density at radius 1 is 1.27 bits per heavy atom. The molecule has 0 bridgehead atoms. The molecule has 0 aromatic heterocycles. The van der Waals surface area contributed by atoms with Crippen LogP contribution in [0.5, 0.6) is 0 Å². The van der Waals surface area contributed by atoms with Gasteiger partial charge in [0.15, 0.2) is 0 Å². The van der Waals surface area contributed by atoms with Crippen LogP contribution in [0, 0.1) is 0 Å². The van der Waals surface area contributed by atoms with Gasteiger partial charge < -0.3 is 10.1 Å². The summed E-state index contributed by atoms with van der Waals surface area (Å²) in [4.78, 5) is 33.3. The molecule has 86 valence electrons. The third-order valence-corrected chi connectivity index (χ3v) is 1.65. The highest BCUT2D eigenvalue weighted by Gasteiger charge is 2.30. The number of rotatable bonds is 5. The SMILES string of the molecule is CCOC(=O)C(C)(C)NC(=O)CC(C)=O. The summed E-state index contributed by atoms with van der Waals surface area (Å²) in [5.74, 6) is -1.23. The summed E-state index contributed by atoms with van der Waals surface area (Å²) >= 11 is 0. The smallest absolute Gasteiger partial charge is 0.331 e. The van der Waals surface area contributed by atoms with Gasteiger partial charge in [0.2, 0.25) is 5.91 Å². The summed E-state index contributed by atoms with van der Waals surface area (Å²) in [6.45, 7) is 6.32. The molecular formula is C10H17NO4. The van der Waals surface area contributed by atoms with Gasteiger partial charge in [-0.2, -0.15) is 0 Å². The molecule has 1 amide bonds. The Morgan fingerprint density at radius 2 is 1.80 bits per heavy atom. The zero-order chi connectivity index (χ0) is 12.1. The average Bonchev–Trinajstić information content (AvgIpc) is 2.01. The van der Waals surface area contributed by atoms with Gasteiger partial charge in [-0.1, -0.05) is 0 Å². The number of nitrogens with one attached hydrogen (secondary N) is 1. The third-order valence-electron chi connectivity index (χ3n) is 1.65. The van der Waals surface area contributed by atoms with Crippen LogP contribution in [0.2, 0.25) is 0 Å². The highest BCUT2D eigenvalue weighted by Crippen LogP contribution is 2.05. The molecule has 0 saturated carbocycles. The van der Waals surface area contributed by atoms with E-state index in [0.717, 1.165) is 0 Å². The molecule has 0 saturated heterocycles. The van der Waals surface area contributed by atoms with Crippen LogP contribution in [0.1, 0.15) is 34.1 Å². The molecule has 0 rings (SSSR count). The summed E-state index contributed by atoms with van der Waals surface area (Å²) in [6, 6.07) is 0. The molecule has 0 unspecified atom stereocenters. The highest BCUT2D eigenvalue weighted by atomic mass is 16.5. The van der Waals surface area contributed by atoms with Crippen molar-refractivity contribution in [2.24, 2.45) is 0 Å². The van der Waals surface area contributed by atoms with Gasteiger partial charge >= 0.3 is 5.97 Å². The van der Waals surface area contributed by atoms with E-state index in [4.69, 9.17) is 4.74 Å². The fourth-order valence-electron chi connectivity index (χ4n) is 0.981. The van der Waals surface area contributed by atoms with E-state index in [9.17, 15) is 14.4 Å². The summed E-state index contributed by atoms with van der Waals surface area (Å²) < 4.78 is 4.77. The number of ether oxygens (including phenoxy) is 1. The molecule has 0 fully saturated rings. The van der Waals surface area contributed by atoms with E-state index in [0.29, 0.717) is 0 Å². The number of Topliss-reactive ketones (excluding diaryl/α,β-unsaturated/α-hetero) is 1. The van der Waals surface area contributed by atoms with Crippen molar-refractivity contribution in [1.29, 1.82) is 0 Å². The van der Waals surface area contributed by atoms with Crippen molar-refractivity contribution in [2.45, 2.75) is 39.7 Å².